The Hall–Kier alpha value is -0.830. The van der Waals surface area contributed by atoms with Crippen molar-refractivity contribution in [1.29, 1.82) is 0 Å². The molecule has 0 saturated carbocycles. The molecule has 0 saturated heterocycles. The van der Waals surface area contributed by atoms with Gasteiger partial charge in [0, 0.05) is 19.3 Å². The predicted octanol–water partition coefficient (Wildman–Crippen LogP) is 2.44. The summed E-state index contributed by atoms with van der Waals surface area (Å²) in [7, 11) is 0. The summed E-state index contributed by atoms with van der Waals surface area (Å²) in [6, 6.07) is 0. The first-order chi connectivity index (χ1) is 7.44. The zero-order chi connectivity index (χ0) is 11.8. The number of hydrogen-bond donors (Lipinski definition) is 0. The van der Waals surface area contributed by atoms with Crippen LogP contribution in [0.5, 0.6) is 0 Å². The van der Waals surface area contributed by atoms with E-state index in [9.17, 15) is 0 Å². The second-order valence-corrected chi connectivity index (χ2v) is 6.08. The van der Waals surface area contributed by atoms with E-state index in [1.807, 2.05) is 0 Å². The van der Waals surface area contributed by atoms with Crippen molar-refractivity contribution in [1.82, 2.24) is 14.5 Å². The first kappa shape index (κ1) is 11.6. The first-order valence-electron chi connectivity index (χ1n) is 6.19. The molecule has 2 heterocycles. The van der Waals surface area contributed by atoms with Gasteiger partial charge in [0.15, 0.2) is 0 Å². The fraction of sp³-hybridized carbons (Fsp3) is 0.769. The average Bonchev–Trinajstić information content (AvgIpc) is 2.52. The number of aromatic nitrogens is 2. The van der Waals surface area contributed by atoms with Crippen LogP contribution in [0.4, 0.5) is 0 Å². The van der Waals surface area contributed by atoms with E-state index in [2.05, 4.69) is 48.3 Å². The largest absolute Gasteiger partial charge is 0.332 e. The van der Waals surface area contributed by atoms with Crippen molar-refractivity contribution in [3.63, 3.8) is 0 Å². The third-order valence-corrected chi connectivity index (χ3v) is 3.18. The third kappa shape index (κ3) is 2.85. The first-order valence-corrected chi connectivity index (χ1v) is 6.19. The molecule has 0 amide bonds. The molecule has 90 valence electrons. The molecule has 0 bridgehead atoms. The molecule has 1 aliphatic heterocycles. The lowest BCUT2D eigenvalue weighted by Gasteiger charge is -2.30. The van der Waals surface area contributed by atoms with Gasteiger partial charge < -0.3 is 4.57 Å². The summed E-state index contributed by atoms with van der Waals surface area (Å²) in [5, 5.41) is 0. The molecule has 1 aromatic heterocycles. The van der Waals surface area contributed by atoms with Crippen LogP contribution < -0.4 is 0 Å². The van der Waals surface area contributed by atoms with Gasteiger partial charge in [0.1, 0.15) is 5.82 Å². The number of fused-ring (bicyclic) bond motifs is 1. The Labute approximate surface area is 98.5 Å². The summed E-state index contributed by atoms with van der Waals surface area (Å²) in [4.78, 5) is 7.09. The fourth-order valence-electron chi connectivity index (χ4n) is 2.13. The van der Waals surface area contributed by atoms with Crippen LogP contribution in [0.3, 0.4) is 0 Å². The van der Waals surface area contributed by atoms with E-state index >= 15 is 0 Å². The highest BCUT2D eigenvalue weighted by Gasteiger charge is 2.19. The van der Waals surface area contributed by atoms with E-state index in [-0.39, 0.29) is 0 Å². The van der Waals surface area contributed by atoms with Crippen molar-refractivity contribution in [2.75, 3.05) is 13.1 Å². The molecule has 0 atom stereocenters. The van der Waals surface area contributed by atoms with Gasteiger partial charge in [-0.15, -0.1) is 0 Å². The summed E-state index contributed by atoms with van der Waals surface area (Å²) < 4.78 is 2.29. The molecule has 0 fully saturated rings. The maximum Gasteiger partial charge on any atom is 0.123 e. The Kier molecular flexibility index (Phi) is 3.06. The molecule has 0 unspecified atom stereocenters. The molecular weight excluding hydrogens is 198 g/mol. The molecular formula is C13H23N3. The summed E-state index contributed by atoms with van der Waals surface area (Å²) in [6.07, 6.45) is 3.42. The van der Waals surface area contributed by atoms with E-state index in [1.54, 1.807) is 0 Å². The second-order valence-electron chi connectivity index (χ2n) is 6.08. The molecule has 16 heavy (non-hydrogen) atoms. The number of aryl methyl sites for hydroxylation is 1. The van der Waals surface area contributed by atoms with Crippen molar-refractivity contribution in [2.45, 2.75) is 47.2 Å². The minimum atomic E-state index is 0.433. The normalized spacial score (nSPS) is 17.5. The van der Waals surface area contributed by atoms with E-state index in [1.165, 1.54) is 25.3 Å². The topological polar surface area (TPSA) is 21.1 Å². The van der Waals surface area contributed by atoms with Crippen molar-refractivity contribution in [3.05, 3.63) is 17.7 Å². The van der Waals surface area contributed by atoms with Crippen LogP contribution in [-0.2, 0) is 13.1 Å². The maximum atomic E-state index is 4.57. The molecule has 2 rings (SSSR count). The predicted molar refractivity (Wildman–Crippen MR) is 66.3 cm³/mol. The van der Waals surface area contributed by atoms with Crippen molar-refractivity contribution in [3.8, 4) is 0 Å². The Balaban J connectivity index is 1.92. The van der Waals surface area contributed by atoms with Crippen molar-refractivity contribution in [2.24, 2.45) is 5.41 Å². The molecule has 0 aliphatic carbocycles. The number of imidazole rings is 1. The summed E-state index contributed by atoms with van der Waals surface area (Å²) in [6.45, 7) is 13.5. The van der Waals surface area contributed by atoms with Crippen LogP contribution in [0.1, 0.15) is 38.7 Å². The van der Waals surface area contributed by atoms with Gasteiger partial charge in [-0.25, -0.2) is 4.98 Å². The molecule has 1 aliphatic rings. The lowest BCUT2D eigenvalue weighted by Crippen LogP contribution is -2.35. The van der Waals surface area contributed by atoms with Gasteiger partial charge in [-0.05, 0) is 25.3 Å². The van der Waals surface area contributed by atoms with Gasteiger partial charge in [0.25, 0.3) is 0 Å². The highest BCUT2D eigenvalue weighted by atomic mass is 15.2. The zero-order valence-electron chi connectivity index (χ0n) is 11.0. The van der Waals surface area contributed by atoms with Gasteiger partial charge >= 0.3 is 0 Å². The third-order valence-electron chi connectivity index (χ3n) is 3.18. The monoisotopic (exact) mass is 221 g/mol. The van der Waals surface area contributed by atoms with Gasteiger partial charge in [-0.1, -0.05) is 20.8 Å². The molecule has 1 aromatic rings. The second kappa shape index (κ2) is 4.21. The van der Waals surface area contributed by atoms with Crippen LogP contribution in [-0.4, -0.2) is 27.5 Å². The maximum absolute atomic E-state index is 4.57. The smallest absolute Gasteiger partial charge is 0.123 e. The molecule has 3 nitrogen and oxygen atoms in total. The molecule has 0 spiro atoms. The SMILES string of the molecule is Cc1cn2c(n1)CN(CCC(C)(C)C)CC2. The standard InChI is InChI=1S/C13H23N3/c1-11-9-16-8-7-15(10-12(16)14-11)6-5-13(2,3)4/h9H,5-8,10H2,1-4H3. The van der Waals surface area contributed by atoms with Crippen LogP contribution >= 0.6 is 0 Å². The van der Waals surface area contributed by atoms with E-state index in [0.29, 0.717) is 5.41 Å². The van der Waals surface area contributed by atoms with Crippen LogP contribution in [0.15, 0.2) is 6.20 Å². The van der Waals surface area contributed by atoms with Crippen LogP contribution in [0, 0.1) is 12.3 Å². The van der Waals surface area contributed by atoms with Gasteiger partial charge in [-0.3, -0.25) is 4.90 Å². The van der Waals surface area contributed by atoms with Crippen LogP contribution in [0.2, 0.25) is 0 Å². The average molecular weight is 221 g/mol. The minimum absolute atomic E-state index is 0.433. The summed E-state index contributed by atoms with van der Waals surface area (Å²) in [5.41, 5.74) is 1.58. The molecule has 0 radical (unpaired) electrons. The fourth-order valence-corrected chi connectivity index (χ4v) is 2.13. The summed E-state index contributed by atoms with van der Waals surface area (Å²) in [5.74, 6) is 1.23. The molecule has 3 heteroatoms. The molecule has 0 N–H and O–H groups in total. The lowest BCUT2D eigenvalue weighted by molar-refractivity contribution is 0.187. The van der Waals surface area contributed by atoms with E-state index < -0.39 is 0 Å². The van der Waals surface area contributed by atoms with Gasteiger partial charge in [0.2, 0.25) is 0 Å². The molecule has 0 aromatic carbocycles. The summed E-state index contributed by atoms with van der Waals surface area (Å²) >= 11 is 0. The Morgan fingerprint density at radius 1 is 1.31 bits per heavy atom. The van der Waals surface area contributed by atoms with Gasteiger partial charge in [-0.2, -0.15) is 0 Å². The Bertz CT molecular complexity index is 360. The minimum Gasteiger partial charge on any atom is -0.332 e. The highest BCUT2D eigenvalue weighted by molar-refractivity contribution is 5.04. The Morgan fingerprint density at radius 2 is 2.06 bits per heavy atom. The number of hydrogen-bond acceptors (Lipinski definition) is 2. The van der Waals surface area contributed by atoms with Gasteiger partial charge in [0.05, 0.1) is 12.2 Å². The Morgan fingerprint density at radius 3 is 2.75 bits per heavy atom. The van der Waals surface area contributed by atoms with Crippen LogP contribution in [0.25, 0.3) is 0 Å². The van der Waals surface area contributed by atoms with E-state index in [0.717, 1.165) is 18.8 Å². The lowest BCUT2D eigenvalue weighted by atomic mass is 9.92. The number of nitrogens with zero attached hydrogens (tertiary/aromatic N) is 3. The van der Waals surface area contributed by atoms with Crippen molar-refractivity contribution >= 4 is 0 Å². The van der Waals surface area contributed by atoms with E-state index in [4.69, 9.17) is 0 Å². The quantitative estimate of drug-likeness (QED) is 0.765. The zero-order valence-corrected chi connectivity index (χ0v) is 11.0. The number of rotatable bonds is 2. The van der Waals surface area contributed by atoms with Crippen molar-refractivity contribution < 1.29 is 0 Å². The highest BCUT2D eigenvalue weighted by Crippen LogP contribution is 2.20.